The lowest BCUT2D eigenvalue weighted by atomic mass is 10.0. The number of hydrogen-bond acceptors (Lipinski definition) is 6. The van der Waals surface area contributed by atoms with E-state index in [1.807, 2.05) is 6.07 Å². The Kier molecular flexibility index (Phi) is 7.85. The van der Waals surface area contributed by atoms with Crippen molar-refractivity contribution in [2.75, 3.05) is 0 Å². The molecule has 1 aliphatic rings. The Labute approximate surface area is 262 Å². The molecule has 9 nitrogen and oxygen atoms in total. The first-order valence-electron chi connectivity index (χ1n) is 14.5. The number of aryl methyl sites for hydroxylation is 1. The van der Waals surface area contributed by atoms with Crippen LogP contribution in [0, 0.1) is 46.6 Å². The molecule has 0 spiro atoms. The van der Waals surface area contributed by atoms with E-state index in [2.05, 4.69) is 11.1 Å². The van der Waals surface area contributed by atoms with E-state index in [4.69, 9.17) is 10.00 Å². The molecule has 0 unspecified atom stereocenters. The lowest BCUT2D eigenvalue weighted by Gasteiger charge is -2.19. The van der Waals surface area contributed by atoms with E-state index in [0.29, 0.717) is 40.7 Å². The minimum Gasteiger partial charge on any atom is -0.478 e. The molecular weight excluding hydrogens is 592 g/mol. The highest BCUT2D eigenvalue weighted by Gasteiger charge is 2.43. The molecule has 1 fully saturated rings. The van der Waals surface area contributed by atoms with E-state index in [1.54, 1.807) is 35.9 Å². The van der Waals surface area contributed by atoms with Gasteiger partial charge in [0.05, 0.1) is 46.4 Å². The summed E-state index contributed by atoms with van der Waals surface area (Å²) in [7, 11) is 0. The fourth-order valence-electron chi connectivity index (χ4n) is 5.65. The number of benzene rings is 3. The molecule has 1 N–H and O–H groups in total. The van der Waals surface area contributed by atoms with E-state index >= 15 is 4.39 Å². The highest BCUT2D eigenvalue weighted by Crippen LogP contribution is 2.50. The van der Waals surface area contributed by atoms with E-state index in [1.165, 1.54) is 41.1 Å². The van der Waals surface area contributed by atoms with Crippen molar-refractivity contribution in [3.05, 3.63) is 117 Å². The summed E-state index contributed by atoms with van der Waals surface area (Å²) in [5.41, 5.74) is 2.06. The number of carboxylic acid groups (broad SMARTS) is 1. The minimum absolute atomic E-state index is 0.0238. The highest BCUT2D eigenvalue weighted by atomic mass is 19.1. The van der Waals surface area contributed by atoms with Crippen molar-refractivity contribution in [3.63, 3.8) is 0 Å². The van der Waals surface area contributed by atoms with Crippen LogP contribution in [-0.4, -0.2) is 25.4 Å². The van der Waals surface area contributed by atoms with Gasteiger partial charge in [-0.05, 0) is 67.8 Å². The summed E-state index contributed by atoms with van der Waals surface area (Å²) in [5, 5.41) is 28.2. The quantitative estimate of drug-likeness (QED) is 0.193. The number of carboxylic acids is 1. The van der Waals surface area contributed by atoms with Crippen molar-refractivity contribution in [3.8, 4) is 29.3 Å². The fourth-order valence-corrected chi connectivity index (χ4v) is 5.65. The topological polar surface area (TPSA) is 134 Å². The Bertz CT molecular complexity index is 2170. The van der Waals surface area contributed by atoms with Crippen LogP contribution in [0.1, 0.15) is 51.9 Å². The Morgan fingerprint density at radius 3 is 2.50 bits per heavy atom. The standard InChI is InChI=1S/C35H27F2N5O4/c1-21-13-25(18-41-33(43)26-8-7-23(34(44)45)15-31(26)42(41)20-35(9-10-35)11-12-38)29(37)16-27(21)30-3-2-4-32(40-30)46-19-24-6-5-22(17-39)14-28(24)36/h2-8,13-16H,9-11,18-20H2,1H3,(H,44,45). The van der Waals surface area contributed by atoms with Crippen molar-refractivity contribution >= 4 is 16.9 Å². The Balaban J connectivity index is 1.31. The van der Waals surface area contributed by atoms with Crippen LogP contribution in [0.15, 0.2) is 71.5 Å². The molecular formula is C35H27F2N5O4. The largest absolute Gasteiger partial charge is 0.478 e. The third-order valence-electron chi connectivity index (χ3n) is 8.45. The van der Waals surface area contributed by atoms with Crippen LogP contribution in [0.25, 0.3) is 22.2 Å². The summed E-state index contributed by atoms with van der Waals surface area (Å²) in [6.07, 6.45) is 1.89. The maximum absolute atomic E-state index is 15.8. The number of pyridine rings is 1. The van der Waals surface area contributed by atoms with Crippen LogP contribution < -0.4 is 10.3 Å². The molecule has 3 aromatic carbocycles. The number of nitrogens with zero attached hydrogens (tertiary/aromatic N) is 5. The summed E-state index contributed by atoms with van der Waals surface area (Å²) >= 11 is 0. The minimum atomic E-state index is -1.13. The molecule has 230 valence electrons. The number of rotatable bonds is 10. The molecule has 0 atom stereocenters. The first kappa shape index (κ1) is 30.2. The Morgan fingerprint density at radius 1 is 1.02 bits per heavy atom. The van der Waals surface area contributed by atoms with E-state index < -0.39 is 17.6 Å². The lowest BCUT2D eigenvalue weighted by molar-refractivity contribution is 0.0697. The molecule has 46 heavy (non-hydrogen) atoms. The molecule has 2 heterocycles. The second-order valence-electron chi connectivity index (χ2n) is 11.6. The van der Waals surface area contributed by atoms with Crippen LogP contribution in [0.5, 0.6) is 5.88 Å². The zero-order valence-corrected chi connectivity index (χ0v) is 24.8. The fraction of sp³-hybridized carbons (Fsp3) is 0.229. The first-order chi connectivity index (χ1) is 22.1. The van der Waals surface area contributed by atoms with Crippen molar-refractivity contribution in [1.82, 2.24) is 14.3 Å². The molecule has 2 aromatic heterocycles. The molecule has 0 radical (unpaired) electrons. The van der Waals surface area contributed by atoms with Crippen LogP contribution in [-0.2, 0) is 19.7 Å². The van der Waals surface area contributed by atoms with Gasteiger partial charge in [0.2, 0.25) is 5.88 Å². The molecule has 5 aromatic rings. The molecule has 1 saturated carbocycles. The predicted molar refractivity (Wildman–Crippen MR) is 164 cm³/mol. The van der Waals surface area contributed by atoms with Crippen LogP contribution in [0.4, 0.5) is 8.78 Å². The number of hydrogen-bond donors (Lipinski definition) is 1. The third-order valence-corrected chi connectivity index (χ3v) is 8.45. The maximum Gasteiger partial charge on any atom is 0.335 e. The van der Waals surface area contributed by atoms with Gasteiger partial charge in [-0.1, -0.05) is 18.2 Å². The molecule has 0 aliphatic heterocycles. The average Bonchev–Trinajstić information content (AvgIpc) is 3.76. The summed E-state index contributed by atoms with van der Waals surface area (Å²) in [6.45, 7) is 1.89. The monoisotopic (exact) mass is 619 g/mol. The van der Waals surface area contributed by atoms with Crippen molar-refractivity contribution in [2.24, 2.45) is 5.41 Å². The molecule has 0 amide bonds. The zero-order chi connectivity index (χ0) is 32.6. The lowest BCUT2D eigenvalue weighted by Crippen LogP contribution is -2.27. The summed E-state index contributed by atoms with van der Waals surface area (Å²) in [5.74, 6) is -2.06. The van der Waals surface area contributed by atoms with Gasteiger partial charge in [-0.3, -0.25) is 9.48 Å². The molecule has 11 heteroatoms. The summed E-state index contributed by atoms with van der Waals surface area (Å²) in [6, 6.07) is 20.5. The normalized spacial score (nSPS) is 13.2. The molecule has 6 rings (SSSR count). The predicted octanol–water partition coefficient (Wildman–Crippen LogP) is 6.34. The van der Waals surface area contributed by atoms with Gasteiger partial charge in [-0.25, -0.2) is 23.2 Å². The van der Waals surface area contributed by atoms with Gasteiger partial charge in [0, 0.05) is 41.1 Å². The van der Waals surface area contributed by atoms with Crippen LogP contribution >= 0.6 is 0 Å². The van der Waals surface area contributed by atoms with Gasteiger partial charge < -0.3 is 9.84 Å². The second-order valence-corrected chi connectivity index (χ2v) is 11.6. The zero-order valence-electron chi connectivity index (χ0n) is 24.8. The molecule has 0 bridgehead atoms. The Morgan fingerprint density at radius 2 is 1.80 bits per heavy atom. The van der Waals surface area contributed by atoms with Gasteiger partial charge >= 0.3 is 5.97 Å². The van der Waals surface area contributed by atoms with Gasteiger partial charge in [0.15, 0.2) is 0 Å². The first-order valence-corrected chi connectivity index (χ1v) is 14.5. The van der Waals surface area contributed by atoms with E-state index in [9.17, 15) is 24.3 Å². The molecule has 1 aliphatic carbocycles. The number of aromatic nitrogens is 3. The van der Waals surface area contributed by atoms with Gasteiger partial charge in [0.1, 0.15) is 18.2 Å². The van der Waals surface area contributed by atoms with Gasteiger partial charge in [-0.2, -0.15) is 10.5 Å². The van der Waals surface area contributed by atoms with Crippen molar-refractivity contribution < 1.29 is 23.4 Å². The van der Waals surface area contributed by atoms with Crippen LogP contribution in [0.2, 0.25) is 0 Å². The average molecular weight is 620 g/mol. The van der Waals surface area contributed by atoms with Crippen molar-refractivity contribution in [1.29, 1.82) is 10.5 Å². The number of aromatic carboxylic acids is 1. The Hall–Kier alpha value is -5.81. The third kappa shape index (κ3) is 5.83. The maximum atomic E-state index is 15.8. The number of halogens is 2. The number of ether oxygens (including phenoxy) is 1. The second kappa shape index (κ2) is 11.9. The highest BCUT2D eigenvalue weighted by molar-refractivity contribution is 5.93. The van der Waals surface area contributed by atoms with Crippen molar-refractivity contribution in [2.45, 2.75) is 45.9 Å². The summed E-state index contributed by atoms with van der Waals surface area (Å²) < 4.78 is 38.9. The number of nitriles is 2. The van der Waals surface area contributed by atoms with E-state index in [-0.39, 0.29) is 52.3 Å². The number of carbonyl (C=O) groups is 1. The SMILES string of the molecule is Cc1cc(Cn2c(=O)c3ccc(C(=O)O)cc3n2CC2(CC#N)CC2)c(F)cc1-c1cccc(OCc2ccc(C#N)cc2F)n1. The molecule has 0 saturated heterocycles. The van der Waals surface area contributed by atoms with E-state index in [0.717, 1.165) is 18.9 Å². The number of fused-ring (bicyclic) bond motifs is 1. The van der Waals surface area contributed by atoms with Gasteiger partial charge in [-0.15, -0.1) is 0 Å². The van der Waals surface area contributed by atoms with Gasteiger partial charge in [0.25, 0.3) is 5.56 Å². The smallest absolute Gasteiger partial charge is 0.335 e. The summed E-state index contributed by atoms with van der Waals surface area (Å²) in [4.78, 5) is 29.8. The van der Waals surface area contributed by atoms with Crippen LogP contribution in [0.3, 0.4) is 0 Å².